The molecule has 1 aliphatic heterocycles. The van der Waals surface area contributed by atoms with Gasteiger partial charge in [-0.2, -0.15) is 0 Å². The van der Waals surface area contributed by atoms with Gasteiger partial charge < -0.3 is 26.2 Å². The summed E-state index contributed by atoms with van der Waals surface area (Å²) in [5.74, 6) is -3.89. The number of carboxylic acid groups (broad SMARTS) is 2. The lowest BCUT2D eigenvalue weighted by atomic mass is 9.97. The number of hydrogen-bond donors (Lipinski definition) is 4. The predicted octanol–water partition coefficient (Wildman–Crippen LogP) is -1.18. The summed E-state index contributed by atoms with van der Waals surface area (Å²) in [6.45, 7) is 0.567. The Balaban J connectivity index is 2.61. The number of piperidine rings is 1. The average Bonchev–Trinajstić information content (AvgIpc) is 2.37. The van der Waals surface area contributed by atoms with Crippen LogP contribution in [0.4, 0.5) is 4.79 Å². The molecule has 1 rings (SSSR count). The Labute approximate surface area is 114 Å². The number of nitrogens with one attached hydrogen (secondary N) is 1. The van der Waals surface area contributed by atoms with Crippen molar-refractivity contribution in [2.24, 2.45) is 11.7 Å². The highest BCUT2D eigenvalue weighted by atomic mass is 16.4. The van der Waals surface area contributed by atoms with E-state index in [0.717, 1.165) is 0 Å². The van der Waals surface area contributed by atoms with Gasteiger partial charge in [0, 0.05) is 13.1 Å². The topological polar surface area (TPSA) is 150 Å². The highest BCUT2D eigenvalue weighted by Crippen LogP contribution is 2.16. The number of carboxylic acids is 2. The van der Waals surface area contributed by atoms with Crippen molar-refractivity contribution < 1.29 is 29.4 Å². The fourth-order valence-corrected chi connectivity index (χ4v) is 2.06. The van der Waals surface area contributed by atoms with Gasteiger partial charge in [-0.1, -0.05) is 0 Å². The van der Waals surface area contributed by atoms with E-state index in [9.17, 15) is 19.2 Å². The zero-order chi connectivity index (χ0) is 15.3. The summed E-state index contributed by atoms with van der Waals surface area (Å²) < 4.78 is 0. The van der Waals surface area contributed by atoms with Gasteiger partial charge >= 0.3 is 18.0 Å². The first kappa shape index (κ1) is 15.7. The number of amides is 3. The zero-order valence-corrected chi connectivity index (χ0v) is 10.7. The maximum Gasteiger partial charge on any atom is 0.326 e. The minimum Gasteiger partial charge on any atom is -0.481 e. The lowest BCUT2D eigenvalue weighted by molar-refractivity contribution is -0.147. The van der Waals surface area contributed by atoms with Crippen LogP contribution in [0, 0.1) is 5.92 Å². The summed E-state index contributed by atoms with van der Waals surface area (Å²) in [6.07, 6.45) is 0.375. The molecule has 2 atom stereocenters. The fourth-order valence-electron chi connectivity index (χ4n) is 2.06. The number of rotatable bonds is 5. The van der Waals surface area contributed by atoms with Crippen molar-refractivity contribution in [2.75, 3.05) is 13.1 Å². The number of nitrogens with two attached hydrogens (primary N) is 1. The molecule has 1 unspecified atom stereocenters. The molecule has 0 bridgehead atoms. The number of likely N-dealkylation sites (tertiary alicyclic amines) is 1. The van der Waals surface area contributed by atoms with Crippen LogP contribution in [0.5, 0.6) is 0 Å². The third-order valence-corrected chi connectivity index (χ3v) is 3.10. The summed E-state index contributed by atoms with van der Waals surface area (Å²) in [7, 11) is 0. The van der Waals surface area contributed by atoms with Gasteiger partial charge in [0.15, 0.2) is 0 Å². The molecule has 0 radical (unpaired) electrons. The van der Waals surface area contributed by atoms with Crippen molar-refractivity contribution in [1.29, 1.82) is 0 Å². The maximum atomic E-state index is 11.9. The summed E-state index contributed by atoms with van der Waals surface area (Å²) in [5, 5.41) is 19.6. The maximum absolute atomic E-state index is 11.9. The molecular formula is C11H17N3O6. The largest absolute Gasteiger partial charge is 0.481 e. The zero-order valence-electron chi connectivity index (χ0n) is 10.7. The Kier molecular flexibility index (Phi) is 5.30. The van der Waals surface area contributed by atoms with Gasteiger partial charge in [-0.25, -0.2) is 9.59 Å². The molecule has 3 amide bonds. The lowest BCUT2D eigenvalue weighted by Crippen LogP contribution is -2.50. The van der Waals surface area contributed by atoms with Crippen molar-refractivity contribution in [3.63, 3.8) is 0 Å². The van der Waals surface area contributed by atoms with Gasteiger partial charge in [0.25, 0.3) is 0 Å². The third kappa shape index (κ3) is 4.41. The van der Waals surface area contributed by atoms with Crippen LogP contribution >= 0.6 is 0 Å². The van der Waals surface area contributed by atoms with E-state index < -0.39 is 42.3 Å². The third-order valence-electron chi connectivity index (χ3n) is 3.10. The summed E-state index contributed by atoms with van der Waals surface area (Å²) >= 11 is 0. The molecule has 0 aromatic rings. The molecule has 0 saturated carbocycles. The first-order valence-corrected chi connectivity index (χ1v) is 6.10. The van der Waals surface area contributed by atoms with E-state index in [1.165, 1.54) is 4.90 Å². The van der Waals surface area contributed by atoms with Gasteiger partial charge in [-0.3, -0.25) is 9.59 Å². The Morgan fingerprint density at radius 2 is 1.95 bits per heavy atom. The molecule has 9 heteroatoms. The van der Waals surface area contributed by atoms with Crippen molar-refractivity contribution in [2.45, 2.75) is 25.3 Å². The molecule has 1 heterocycles. The molecule has 9 nitrogen and oxygen atoms in total. The van der Waals surface area contributed by atoms with E-state index in [-0.39, 0.29) is 6.54 Å². The second-order valence-corrected chi connectivity index (χ2v) is 4.62. The second kappa shape index (κ2) is 6.73. The van der Waals surface area contributed by atoms with Crippen LogP contribution in [0.25, 0.3) is 0 Å². The minimum atomic E-state index is -1.48. The molecule has 0 aromatic heterocycles. The SMILES string of the molecule is NC(=O)N1CCCC(C(=O)N[C@H](CC(=O)O)C(=O)O)C1. The van der Waals surface area contributed by atoms with E-state index in [1.807, 2.05) is 0 Å². The molecule has 0 spiro atoms. The first-order chi connectivity index (χ1) is 9.31. The van der Waals surface area contributed by atoms with E-state index in [0.29, 0.717) is 19.4 Å². The van der Waals surface area contributed by atoms with Gasteiger partial charge in [0.1, 0.15) is 6.04 Å². The standard InChI is InChI=1S/C11H17N3O6/c12-11(20)14-3-1-2-6(5-14)9(17)13-7(10(18)19)4-8(15)16/h6-7H,1-5H2,(H2,12,20)(H,13,17)(H,15,16)(H,18,19)/t6?,7-/m1/s1. The smallest absolute Gasteiger partial charge is 0.326 e. The van der Waals surface area contributed by atoms with Crippen LogP contribution in [-0.2, 0) is 14.4 Å². The quantitative estimate of drug-likeness (QED) is 0.500. The Morgan fingerprint density at radius 3 is 2.45 bits per heavy atom. The van der Waals surface area contributed by atoms with Crippen molar-refractivity contribution >= 4 is 23.9 Å². The van der Waals surface area contributed by atoms with Gasteiger partial charge in [-0.05, 0) is 12.8 Å². The number of aliphatic carboxylic acids is 2. The number of primary amides is 1. The summed E-state index contributed by atoms with van der Waals surface area (Å²) in [6, 6.07) is -2.12. The van der Waals surface area contributed by atoms with Gasteiger partial charge in [0.05, 0.1) is 12.3 Å². The Bertz CT molecular complexity index is 424. The highest BCUT2D eigenvalue weighted by Gasteiger charge is 2.31. The number of carbonyl (C=O) groups is 4. The van der Waals surface area contributed by atoms with E-state index in [4.69, 9.17) is 15.9 Å². The molecule has 112 valence electrons. The fraction of sp³-hybridized carbons (Fsp3) is 0.636. The van der Waals surface area contributed by atoms with E-state index in [1.54, 1.807) is 0 Å². The number of carbonyl (C=O) groups excluding carboxylic acids is 2. The van der Waals surface area contributed by atoms with Crippen LogP contribution in [0.1, 0.15) is 19.3 Å². The Hall–Kier alpha value is -2.32. The molecule has 1 fully saturated rings. The van der Waals surface area contributed by atoms with Crippen molar-refractivity contribution in [3.05, 3.63) is 0 Å². The molecule has 5 N–H and O–H groups in total. The molecule has 1 saturated heterocycles. The molecule has 0 aliphatic carbocycles. The van der Waals surface area contributed by atoms with E-state index >= 15 is 0 Å². The van der Waals surface area contributed by atoms with E-state index in [2.05, 4.69) is 5.32 Å². The highest BCUT2D eigenvalue weighted by molar-refractivity contribution is 5.88. The van der Waals surface area contributed by atoms with Crippen molar-refractivity contribution in [3.8, 4) is 0 Å². The average molecular weight is 287 g/mol. The predicted molar refractivity (Wildman–Crippen MR) is 65.7 cm³/mol. The normalized spacial score (nSPS) is 20.0. The molecule has 0 aromatic carbocycles. The number of urea groups is 1. The van der Waals surface area contributed by atoms with Crippen molar-refractivity contribution in [1.82, 2.24) is 10.2 Å². The number of nitrogens with zero attached hydrogens (tertiary/aromatic N) is 1. The molecule has 20 heavy (non-hydrogen) atoms. The van der Waals surface area contributed by atoms with Gasteiger partial charge in [-0.15, -0.1) is 0 Å². The summed E-state index contributed by atoms with van der Waals surface area (Å²) in [5.41, 5.74) is 5.13. The van der Waals surface area contributed by atoms with Crippen LogP contribution in [0.3, 0.4) is 0 Å². The molecular weight excluding hydrogens is 270 g/mol. The van der Waals surface area contributed by atoms with Crippen LogP contribution in [-0.4, -0.2) is 58.1 Å². The van der Waals surface area contributed by atoms with Crippen LogP contribution < -0.4 is 11.1 Å². The monoisotopic (exact) mass is 287 g/mol. The second-order valence-electron chi connectivity index (χ2n) is 4.62. The van der Waals surface area contributed by atoms with Crippen LogP contribution in [0.15, 0.2) is 0 Å². The first-order valence-electron chi connectivity index (χ1n) is 6.10. The summed E-state index contributed by atoms with van der Waals surface area (Å²) in [4.78, 5) is 45.7. The lowest BCUT2D eigenvalue weighted by Gasteiger charge is -2.31. The van der Waals surface area contributed by atoms with Gasteiger partial charge in [0.2, 0.25) is 5.91 Å². The Morgan fingerprint density at radius 1 is 1.30 bits per heavy atom. The minimum absolute atomic E-state index is 0.112. The number of hydrogen-bond acceptors (Lipinski definition) is 4. The van der Waals surface area contributed by atoms with Crippen LogP contribution in [0.2, 0.25) is 0 Å². The molecule has 1 aliphatic rings.